The maximum atomic E-state index is 10.7. The van der Waals surface area contributed by atoms with Crippen molar-refractivity contribution in [2.45, 2.75) is 5.60 Å². The van der Waals surface area contributed by atoms with Gasteiger partial charge in [0.05, 0.1) is 16.9 Å². The zero-order chi connectivity index (χ0) is 12.5. The fraction of sp³-hybridized carbons (Fsp3) is 0.250. The molecule has 2 rings (SSSR count). The van der Waals surface area contributed by atoms with E-state index < -0.39 is 5.60 Å². The van der Waals surface area contributed by atoms with Crippen LogP contribution in [0.15, 0.2) is 36.5 Å². The quantitative estimate of drug-likeness (QED) is 0.864. The molecule has 0 aliphatic carbocycles. The van der Waals surface area contributed by atoms with Gasteiger partial charge in [0.1, 0.15) is 5.60 Å². The van der Waals surface area contributed by atoms with Gasteiger partial charge in [-0.25, -0.2) is 0 Å². The largest absolute Gasteiger partial charge is 0.377 e. The molecular weight excluding hydrogens is 238 g/mol. The lowest BCUT2D eigenvalue weighted by atomic mass is 9.90. The van der Waals surface area contributed by atoms with Gasteiger partial charge in [0.2, 0.25) is 0 Å². The van der Waals surface area contributed by atoms with Crippen LogP contribution in [-0.4, -0.2) is 21.4 Å². The molecule has 0 radical (unpaired) electrons. The fourth-order valence-corrected chi connectivity index (χ4v) is 2.26. The summed E-state index contributed by atoms with van der Waals surface area (Å²) in [5.74, 6) is 0. The second-order valence-electron chi connectivity index (χ2n) is 3.90. The number of hydrogen-bond donors (Lipinski definition) is 2. The van der Waals surface area contributed by atoms with Crippen molar-refractivity contribution >= 4 is 11.6 Å². The van der Waals surface area contributed by atoms with Crippen molar-refractivity contribution in [3.8, 4) is 0 Å². The van der Waals surface area contributed by atoms with Crippen LogP contribution in [0.5, 0.6) is 0 Å². The van der Waals surface area contributed by atoms with Crippen LogP contribution in [0, 0.1) is 0 Å². The van der Waals surface area contributed by atoms with E-state index in [0.29, 0.717) is 16.3 Å². The first-order valence-corrected chi connectivity index (χ1v) is 5.63. The normalized spacial score (nSPS) is 14.6. The van der Waals surface area contributed by atoms with Crippen LogP contribution >= 0.6 is 11.6 Å². The van der Waals surface area contributed by atoms with E-state index in [4.69, 9.17) is 17.3 Å². The molecule has 1 aromatic heterocycles. The third kappa shape index (κ3) is 1.95. The molecule has 4 nitrogen and oxygen atoms in total. The third-order valence-corrected chi connectivity index (χ3v) is 3.11. The molecule has 0 spiro atoms. The molecule has 1 heterocycles. The van der Waals surface area contributed by atoms with Gasteiger partial charge in [-0.2, -0.15) is 5.10 Å². The molecule has 0 fully saturated rings. The molecular formula is C12H14ClN3O. The van der Waals surface area contributed by atoms with E-state index >= 15 is 0 Å². The summed E-state index contributed by atoms with van der Waals surface area (Å²) in [7, 11) is 1.73. The summed E-state index contributed by atoms with van der Waals surface area (Å²) in [5.41, 5.74) is 5.61. The van der Waals surface area contributed by atoms with Gasteiger partial charge in [-0.3, -0.25) is 4.68 Å². The number of nitrogens with two attached hydrogens (primary N) is 1. The summed E-state index contributed by atoms with van der Waals surface area (Å²) < 4.78 is 1.54. The maximum Gasteiger partial charge on any atom is 0.145 e. The highest BCUT2D eigenvalue weighted by molar-refractivity contribution is 6.31. The summed E-state index contributed by atoms with van der Waals surface area (Å²) in [6, 6.07) is 9.21. The number of nitrogens with zero attached hydrogens (tertiary/aromatic N) is 2. The minimum atomic E-state index is -1.32. The van der Waals surface area contributed by atoms with Gasteiger partial charge in [0, 0.05) is 13.6 Å². The highest BCUT2D eigenvalue weighted by atomic mass is 35.5. The highest BCUT2D eigenvalue weighted by Gasteiger charge is 2.35. The van der Waals surface area contributed by atoms with E-state index in [0.717, 1.165) is 0 Å². The van der Waals surface area contributed by atoms with Gasteiger partial charge in [-0.1, -0.05) is 41.9 Å². The standard InChI is InChI=1S/C12H14ClN3O/c1-16-11(10(13)7-15-16)12(17,8-14)9-5-3-2-4-6-9/h2-7,17H,8,14H2,1H3. The van der Waals surface area contributed by atoms with Crippen LogP contribution in [0.2, 0.25) is 5.02 Å². The minimum Gasteiger partial charge on any atom is -0.377 e. The molecule has 0 bridgehead atoms. The zero-order valence-corrected chi connectivity index (χ0v) is 10.2. The maximum absolute atomic E-state index is 10.7. The minimum absolute atomic E-state index is 0.0380. The first kappa shape index (κ1) is 12.1. The van der Waals surface area contributed by atoms with Crippen molar-refractivity contribution in [1.29, 1.82) is 0 Å². The monoisotopic (exact) mass is 251 g/mol. The Morgan fingerprint density at radius 2 is 2.06 bits per heavy atom. The van der Waals surface area contributed by atoms with Crippen LogP contribution in [0.4, 0.5) is 0 Å². The zero-order valence-electron chi connectivity index (χ0n) is 9.47. The first-order valence-electron chi connectivity index (χ1n) is 5.25. The number of aliphatic hydroxyl groups is 1. The van der Waals surface area contributed by atoms with E-state index in [1.807, 2.05) is 30.3 Å². The van der Waals surface area contributed by atoms with Crippen molar-refractivity contribution in [2.75, 3.05) is 6.54 Å². The predicted octanol–water partition coefficient (Wildman–Crippen LogP) is 1.27. The van der Waals surface area contributed by atoms with E-state index in [9.17, 15) is 5.11 Å². The van der Waals surface area contributed by atoms with Gasteiger partial charge in [0.15, 0.2) is 0 Å². The van der Waals surface area contributed by atoms with E-state index in [-0.39, 0.29) is 6.54 Å². The lowest BCUT2D eigenvalue weighted by Gasteiger charge is -2.27. The summed E-state index contributed by atoms with van der Waals surface area (Å²) in [6.07, 6.45) is 1.50. The van der Waals surface area contributed by atoms with Gasteiger partial charge in [0.25, 0.3) is 0 Å². The Labute approximate surface area is 105 Å². The second-order valence-corrected chi connectivity index (χ2v) is 4.30. The Hall–Kier alpha value is -1.36. The molecule has 1 atom stereocenters. The third-order valence-electron chi connectivity index (χ3n) is 2.83. The summed E-state index contributed by atoms with van der Waals surface area (Å²) in [6.45, 7) is 0.0380. The van der Waals surface area contributed by atoms with Crippen LogP contribution < -0.4 is 5.73 Å². The Morgan fingerprint density at radius 1 is 1.41 bits per heavy atom. The fourth-order valence-electron chi connectivity index (χ4n) is 1.94. The molecule has 17 heavy (non-hydrogen) atoms. The number of halogens is 1. The Kier molecular flexibility index (Phi) is 3.19. The van der Waals surface area contributed by atoms with Gasteiger partial charge >= 0.3 is 0 Å². The van der Waals surface area contributed by atoms with Crippen LogP contribution in [0.3, 0.4) is 0 Å². The SMILES string of the molecule is Cn1ncc(Cl)c1C(O)(CN)c1ccccc1. The van der Waals surface area contributed by atoms with Crippen molar-refractivity contribution in [3.63, 3.8) is 0 Å². The van der Waals surface area contributed by atoms with Crippen molar-refractivity contribution < 1.29 is 5.11 Å². The Balaban J connectivity index is 2.60. The number of hydrogen-bond acceptors (Lipinski definition) is 3. The van der Waals surface area contributed by atoms with E-state index in [1.54, 1.807) is 11.7 Å². The van der Waals surface area contributed by atoms with Crippen molar-refractivity contribution in [1.82, 2.24) is 9.78 Å². The number of aromatic nitrogens is 2. The Bertz CT molecular complexity index is 492. The van der Waals surface area contributed by atoms with Gasteiger partial charge in [-0.15, -0.1) is 0 Å². The number of benzene rings is 1. The Morgan fingerprint density at radius 3 is 2.53 bits per heavy atom. The lowest BCUT2D eigenvalue weighted by molar-refractivity contribution is 0.0813. The molecule has 2 aromatic rings. The van der Waals surface area contributed by atoms with Gasteiger partial charge in [-0.05, 0) is 5.56 Å². The molecule has 3 N–H and O–H groups in total. The molecule has 1 aromatic carbocycles. The molecule has 0 saturated heterocycles. The van der Waals surface area contributed by atoms with E-state index in [1.165, 1.54) is 6.20 Å². The van der Waals surface area contributed by atoms with Crippen molar-refractivity contribution in [3.05, 3.63) is 52.8 Å². The topological polar surface area (TPSA) is 64.1 Å². The van der Waals surface area contributed by atoms with Crippen LogP contribution in [0.25, 0.3) is 0 Å². The summed E-state index contributed by atoms with van der Waals surface area (Å²) >= 11 is 6.06. The number of rotatable bonds is 3. The average Bonchev–Trinajstić information content (AvgIpc) is 2.70. The summed E-state index contributed by atoms with van der Waals surface area (Å²) in [5, 5.41) is 15.2. The molecule has 90 valence electrons. The molecule has 0 aliphatic heterocycles. The smallest absolute Gasteiger partial charge is 0.145 e. The number of aryl methyl sites for hydroxylation is 1. The van der Waals surface area contributed by atoms with E-state index in [2.05, 4.69) is 5.10 Å². The van der Waals surface area contributed by atoms with Gasteiger partial charge < -0.3 is 10.8 Å². The van der Waals surface area contributed by atoms with Crippen molar-refractivity contribution in [2.24, 2.45) is 12.8 Å². The second kappa shape index (κ2) is 4.49. The molecule has 5 heteroatoms. The lowest BCUT2D eigenvalue weighted by Crippen LogP contribution is -2.38. The predicted molar refractivity (Wildman–Crippen MR) is 66.7 cm³/mol. The molecule has 0 amide bonds. The molecule has 0 saturated carbocycles. The average molecular weight is 252 g/mol. The van der Waals surface area contributed by atoms with Crippen LogP contribution in [0.1, 0.15) is 11.3 Å². The summed E-state index contributed by atoms with van der Waals surface area (Å²) in [4.78, 5) is 0. The first-order chi connectivity index (χ1) is 8.09. The molecule has 1 unspecified atom stereocenters. The highest BCUT2D eigenvalue weighted by Crippen LogP contribution is 2.32. The van der Waals surface area contributed by atoms with Crippen LogP contribution in [-0.2, 0) is 12.6 Å². The molecule has 0 aliphatic rings.